The van der Waals surface area contributed by atoms with Crippen molar-refractivity contribution >= 4 is 5.78 Å². The summed E-state index contributed by atoms with van der Waals surface area (Å²) in [5, 5.41) is 3.98. The Morgan fingerprint density at radius 1 is 1.36 bits per heavy atom. The van der Waals surface area contributed by atoms with E-state index in [1.54, 1.807) is 0 Å². The third kappa shape index (κ3) is 3.43. The Bertz CT molecular complexity index is 544. The fourth-order valence-corrected chi connectivity index (χ4v) is 3.69. The number of rotatable bonds is 5. The van der Waals surface area contributed by atoms with Gasteiger partial charge in [0.15, 0.2) is 5.78 Å². The van der Waals surface area contributed by atoms with Gasteiger partial charge in [0.25, 0.3) is 0 Å². The van der Waals surface area contributed by atoms with Crippen molar-refractivity contribution in [3.63, 3.8) is 0 Å². The number of aromatic nitrogens is 1. The molecule has 1 aromatic rings. The predicted molar refractivity (Wildman–Crippen MR) is 85.8 cm³/mol. The molecule has 4 nitrogen and oxygen atoms in total. The zero-order chi connectivity index (χ0) is 16.0. The van der Waals surface area contributed by atoms with Crippen molar-refractivity contribution in [1.29, 1.82) is 0 Å². The molecule has 0 radical (unpaired) electrons. The minimum atomic E-state index is -0.114. The molecule has 2 aliphatic rings. The number of carbonyl (C=O) groups excluding carboxylic acids is 1. The summed E-state index contributed by atoms with van der Waals surface area (Å²) in [6.07, 6.45) is 7.25. The topological polar surface area (TPSA) is 69.1 Å². The Kier molecular flexibility index (Phi) is 3.92. The number of Topliss-reactive ketones (excluding diaryl/α,β-unsaturated/α-hetero) is 1. The molecule has 2 N–H and O–H groups in total. The molecular formula is C18H28N2O2. The molecule has 0 amide bonds. The minimum absolute atomic E-state index is 0.0809. The first-order chi connectivity index (χ1) is 10.3. The van der Waals surface area contributed by atoms with Gasteiger partial charge < -0.3 is 10.3 Å². The van der Waals surface area contributed by atoms with Crippen molar-refractivity contribution in [3.8, 4) is 0 Å². The summed E-state index contributed by atoms with van der Waals surface area (Å²) < 4.78 is 5.31. The van der Waals surface area contributed by atoms with Gasteiger partial charge in [-0.15, -0.1) is 0 Å². The third-order valence-electron chi connectivity index (χ3n) is 5.63. The molecule has 0 bridgehead atoms. The first-order valence-corrected chi connectivity index (χ1v) is 8.56. The first kappa shape index (κ1) is 15.7. The summed E-state index contributed by atoms with van der Waals surface area (Å²) in [5.74, 6) is 2.08. The van der Waals surface area contributed by atoms with E-state index in [0.717, 1.165) is 44.3 Å². The minimum Gasteiger partial charge on any atom is -0.360 e. The van der Waals surface area contributed by atoms with Gasteiger partial charge >= 0.3 is 0 Å². The average molecular weight is 304 g/mol. The van der Waals surface area contributed by atoms with Crippen molar-refractivity contribution in [2.24, 2.45) is 17.1 Å². The van der Waals surface area contributed by atoms with Gasteiger partial charge in [-0.3, -0.25) is 4.79 Å². The molecule has 2 fully saturated rings. The lowest BCUT2D eigenvalue weighted by molar-refractivity contribution is 0.0801. The number of carbonyl (C=O) groups is 1. The van der Waals surface area contributed by atoms with E-state index in [4.69, 9.17) is 10.3 Å². The van der Waals surface area contributed by atoms with Crippen molar-refractivity contribution in [2.75, 3.05) is 0 Å². The molecule has 0 spiro atoms. The van der Waals surface area contributed by atoms with Crippen LogP contribution in [0.15, 0.2) is 10.6 Å². The number of hydrogen-bond acceptors (Lipinski definition) is 4. The van der Waals surface area contributed by atoms with Crippen LogP contribution in [-0.4, -0.2) is 16.5 Å². The molecule has 122 valence electrons. The maximum Gasteiger partial charge on any atom is 0.185 e. The van der Waals surface area contributed by atoms with Gasteiger partial charge in [-0.25, -0.2) is 0 Å². The summed E-state index contributed by atoms with van der Waals surface area (Å²) in [4.78, 5) is 12.5. The zero-order valence-corrected chi connectivity index (χ0v) is 14.0. The fourth-order valence-electron chi connectivity index (χ4n) is 3.69. The van der Waals surface area contributed by atoms with Crippen LogP contribution in [0.4, 0.5) is 0 Å². The van der Waals surface area contributed by atoms with Crippen LogP contribution in [0, 0.1) is 11.3 Å². The van der Waals surface area contributed by atoms with E-state index in [1.807, 2.05) is 6.07 Å². The Hall–Kier alpha value is -1.16. The van der Waals surface area contributed by atoms with Gasteiger partial charge in [0, 0.05) is 23.9 Å². The number of nitrogens with zero attached hydrogens (tertiary/aromatic N) is 1. The van der Waals surface area contributed by atoms with Crippen LogP contribution >= 0.6 is 0 Å². The van der Waals surface area contributed by atoms with Gasteiger partial charge in [-0.1, -0.05) is 12.1 Å². The van der Waals surface area contributed by atoms with E-state index in [2.05, 4.69) is 25.9 Å². The van der Waals surface area contributed by atoms with E-state index in [-0.39, 0.29) is 16.7 Å². The molecular weight excluding hydrogens is 276 g/mol. The highest BCUT2D eigenvalue weighted by Gasteiger charge is 2.38. The summed E-state index contributed by atoms with van der Waals surface area (Å²) in [6, 6.07) is 1.86. The molecule has 1 aromatic heterocycles. The SMILES string of the molecule is CC1(CC(=O)c2cc(C3CC3)on2)CCC(C(C)(C)N)CC1. The van der Waals surface area contributed by atoms with Gasteiger partial charge in [-0.05, 0) is 63.7 Å². The second-order valence-corrected chi connectivity index (χ2v) is 8.40. The van der Waals surface area contributed by atoms with Crippen molar-refractivity contribution < 1.29 is 9.32 Å². The van der Waals surface area contributed by atoms with Gasteiger partial charge in [0.2, 0.25) is 0 Å². The summed E-state index contributed by atoms with van der Waals surface area (Å²) in [7, 11) is 0. The zero-order valence-electron chi connectivity index (χ0n) is 14.0. The van der Waals surface area contributed by atoms with Gasteiger partial charge in [0.05, 0.1) is 0 Å². The summed E-state index contributed by atoms with van der Waals surface area (Å²) in [5.41, 5.74) is 6.72. The Labute approximate surface area is 132 Å². The number of hydrogen-bond donors (Lipinski definition) is 1. The standard InChI is InChI=1S/C18H28N2O2/c1-17(2,19)13-6-8-18(3,9-7-13)11-15(21)14-10-16(22-20-14)12-4-5-12/h10,12-13H,4-9,11,19H2,1-3H3. The monoisotopic (exact) mass is 304 g/mol. The predicted octanol–water partition coefficient (Wildman–Crippen LogP) is 4.06. The van der Waals surface area contributed by atoms with Crippen LogP contribution in [0.5, 0.6) is 0 Å². The maximum absolute atomic E-state index is 12.5. The van der Waals surface area contributed by atoms with Crippen molar-refractivity contribution in [2.45, 2.75) is 77.2 Å². The van der Waals surface area contributed by atoms with E-state index in [0.29, 0.717) is 24.0 Å². The number of ketones is 1. The second-order valence-electron chi connectivity index (χ2n) is 8.40. The Balaban J connectivity index is 1.58. The van der Waals surface area contributed by atoms with E-state index < -0.39 is 0 Å². The highest BCUT2D eigenvalue weighted by molar-refractivity contribution is 5.94. The van der Waals surface area contributed by atoms with E-state index in [1.165, 1.54) is 0 Å². The van der Waals surface area contributed by atoms with E-state index >= 15 is 0 Å². The molecule has 1 heterocycles. The molecule has 4 heteroatoms. The lowest BCUT2D eigenvalue weighted by Crippen LogP contribution is -2.44. The largest absolute Gasteiger partial charge is 0.360 e. The molecule has 0 unspecified atom stereocenters. The molecule has 0 saturated heterocycles. The lowest BCUT2D eigenvalue weighted by Gasteiger charge is -2.41. The molecule has 0 aromatic carbocycles. The molecule has 0 aliphatic heterocycles. The van der Waals surface area contributed by atoms with Crippen LogP contribution in [0.3, 0.4) is 0 Å². The lowest BCUT2D eigenvalue weighted by atomic mass is 9.65. The Morgan fingerprint density at radius 2 is 2.00 bits per heavy atom. The fraction of sp³-hybridized carbons (Fsp3) is 0.778. The second kappa shape index (κ2) is 5.48. The van der Waals surface area contributed by atoms with Crippen LogP contribution in [0.2, 0.25) is 0 Å². The molecule has 3 rings (SSSR count). The Morgan fingerprint density at radius 3 is 2.55 bits per heavy atom. The molecule has 2 saturated carbocycles. The molecule has 2 aliphatic carbocycles. The van der Waals surface area contributed by atoms with Crippen LogP contribution in [-0.2, 0) is 0 Å². The van der Waals surface area contributed by atoms with E-state index in [9.17, 15) is 4.79 Å². The summed E-state index contributed by atoms with van der Waals surface area (Å²) in [6.45, 7) is 6.45. The highest BCUT2D eigenvalue weighted by atomic mass is 16.5. The van der Waals surface area contributed by atoms with Crippen LogP contribution in [0.25, 0.3) is 0 Å². The third-order valence-corrected chi connectivity index (χ3v) is 5.63. The first-order valence-electron chi connectivity index (χ1n) is 8.56. The van der Waals surface area contributed by atoms with Gasteiger partial charge in [-0.2, -0.15) is 0 Å². The van der Waals surface area contributed by atoms with Gasteiger partial charge in [0.1, 0.15) is 11.5 Å². The van der Waals surface area contributed by atoms with Crippen molar-refractivity contribution in [3.05, 3.63) is 17.5 Å². The maximum atomic E-state index is 12.5. The average Bonchev–Trinajstić information content (AvgIpc) is 3.15. The van der Waals surface area contributed by atoms with Crippen LogP contribution in [0.1, 0.15) is 87.9 Å². The van der Waals surface area contributed by atoms with Crippen molar-refractivity contribution in [1.82, 2.24) is 5.16 Å². The number of nitrogens with two attached hydrogens (primary N) is 1. The quantitative estimate of drug-likeness (QED) is 0.833. The smallest absolute Gasteiger partial charge is 0.185 e. The van der Waals surface area contributed by atoms with Crippen LogP contribution < -0.4 is 5.73 Å². The molecule has 0 atom stereocenters. The molecule has 22 heavy (non-hydrogen) atoms. The highest BCUT2D eigenvalue weighted by Crippen LogP contribution is 2.45. The normalized spacial score (nSPS) is 29.5. The summed E-state index contributed by atoms with van der Waals surface area (Å²) >= 11 is 0.